The fourth-order valence-electron chi connectivity index (χ4n) is 2.92. The van der Waals surface area contributed by atoms with Gasteiger partial charge in [-0.3, -0.25) is 14.9 Å². The van der Waals surface area contributed by atoms with Gasteiger partial charge in [0.15, 0.2) is 12.9 Å². The van der Waals surface area contributed by atoms with Crippen molar-refractivity contribution >= 4 is 17.6 Å². The number of hydrogen-bond donors (Lipinski definition) is 3. The summed E-state index contributed by atoms with van der Waals surface area (Å²) in [7, 11) is 0. The molecule has 0 aliphatic carbocycles. The van der Waals surface area contributed by atoms with Crippen LogP contribution in [0.5, 0.6) is 11.5 Å². The van der Waals surface area contributed by atoms with E-state index in [1.807, 2.05) is 20.8 Å². The lowest BCUT2D eigenvalue weighted by Gasteiger charge is -2.30. The van der Waals surface area contributed by atoms with Crippen LogP contribution < -0.4 is 25.4 Å². The van der Waals surface area contributed by atoms with Gasteiger partial charge in [-0.05, 0) is 45.0 Å². The minimum Gasteiger partial charge on any atom is -0.494 e. The van der Waals surface area contributed by atoms with Gasteiger partial charge >= 0.3 is 0 Å². The Labute approximate surface area is 163 Å². The quantitative estimate of drug-likeness (QED) is 0.666. The van der Waals surface area contributed by atoms with Crippen LogP contribution in [0, 0.1) is 6.92 Å². The maximum absolute atomic E-state index is 12.3. The number of hydrogen-bond acceptors (Lipinski definition) is 6. The van der Waals surface area contributed by atoms with E-state index in [-0.39, 0.29) is 24.5 Å². The van der Waals surface area contributed by atoms with Gasteiger partial charge in [0.05, 0.1) is 12.3 Å². The predicted octanol–water partition coefficient (Wildman–Crippen LogP) is 1.56. The molecule has 3 rings (SSSR count). The molecule has 0 saturated carbocycles. The Morgan fingerprint density at radius 1 is 1.29 bits per heavy atom. The van der Waals surface area contributed by atoms with E-state index in [1.54, 1.807) is 35.0 Å². The molecule has 3 N–H and O–H groups in total. The van der Waals surface area contributed by atoms with Crippen LogP contribution in [0.1, 0.15) is 32.3 Å². The van der Waals surface area contributed by atoms with Crippen LogP contribution in [0.4, 0.5) is 5.82 Å². The van der Waals surface area contributed by atoms with Crippen LogP contribution >= 0.6 is 0 Å². The number of amides is 2. The van der Waals surface area contributed by atoms with Gasteiger partial charge in [0.1, 0.15) is 17.3 Å². The molecule has 1 aliphatic heterocycles. The van der Waals surface area contributed by atoms with Crippen molar-refractivity contribution in [2.45, 2.75) is 39.5 Å². The van der Waals surface area contributed by atoms with E-state index in [0.29, 0.717) is 24.6 Å². The summed E-state index contributed by atoms with van der Waals surface area (Å²) < 4.78 is 12.4. The van der Waals surface area contributed by atoms with Crippen LogP contribution in [0.25, 0.3) is 0 Å². The number of rotatable bonds is 7. The number of ether oxygens (including phenoxy) is 2. The number of carbonyl (C=O) groups excluding carboxylic acids is 2. The van der Waals surface area contributed by atoms with Crippen LogP contribution in [-0.2, 0) is 9.59 Å². The first-order valence-electron chi connectivity index (χ1n) is 9.21. The summed E-state index contributed by atoms with van der Waals surface area (Å²) in [4.78, 5) is 24.1. The van der Waals surface area contributed by atoms with E-state index in [4.69, 9.17) is 9.47 Å². The maximum atomic E-state index is 12.3. The second-order valence-corrected chi connectivity index (χ2v) is 6.60. The SMILES string of the molecule is CCOc1ccc(OCC(=O)Nc2cc(C)nn2C2NC(=O)CC(C)N2)cc1. The zero-order valence-corrected chi connectivity index (χ0v) is 16.2. The van der Waals surface area contributed by atoms with E-state index >= 15 is 0 Å². The van der Waals surface area contributed by atoms with Crippen molar-refractivity contribution in [1.82, 2.24) is 20.4 Å². The standard InChI is InChI=1S/C19H25N5O4/c1-4-27-14-5-7-15(8-6-14)28-11-18(26)21-16-9-13(3)23-24(16)19-20-12(2)10-17(25)22-19/h5-9,12,19-20H,4,10-11H2,1-3H3,(H,21,26)(H,22,25). The first-order valence-corrected chi connectivity index (χ1v) is 9.21. The van der Waals surface area contributed by atoms with Gasteiger partial charge in [-0.1, -0.05) is 0 Å². The Balaban J connectivity index is 1.60. The summed E-state index contributed by atoms with van der Waals surface area (Å²) in [6.07, 6.45) is -0.124. The summed E-state index contributed by atoms with van der Waals surface area (Å²) in [5.74, 6) is 1.39. The third-order valence-electron chi connectivity index (χ3n) is 4.11. The molecule has 1 saturated heterocycles. The Morgan fingerprint density at radius 2 is 1.96 bits per heavy atom. The zero-order valence-electron chi connectivity index (χ0n) is 16.2. The summed E-state index contributed by atoms with van der Waals surface area (Å²) in [6.45, 7) is 6.08. The molecule has 2 atom stereocenters. The summed E-state index contributed by atoms with van der Waals surface area (Å²) in [5.41, 5.74) is 0.719. The van der Waals surface area contributed by atoms with Crippen molar-refractivity contribution in [2.75, 3.05) is 18.5 Å². The van der Waals surface area contributed by atoms with Gasteiger partial charge < -0.3 is 20.1 Å². The summed E-state index contributed by atoms with van der Waals surface area (Å²) >= 11 is 0. The Bertz CT molecular complexity index is 833. The average Bonchev–Trinajstić information content (AvgIpc) is 3.01. The zero-order chi connectivity index (χ0) is 20.1. The van der Waals surface area contributed by atoms with Crippen LogP contribution in [0.2, 0.25) is 0 Å². The molecule has 2 aromatic rings. The van der Waals surface area contributed by atoms with E-state index < -0.39 is 6.29 Å². The highest BCUT2D eigenvalue weighted by Crippen LogP contribution is 2.19. The average molecular weight is 387 g/mol. The van der Waals surface area contributed by atoms with Gasteiger partial charge in [-0.25, -0.2) is 4.68 Å². The van der Waals surface area contributed by atoms with Crippen molar-refractivity contribution in [1.29, 1.82) is 0 Å². The van der Waals surface area contributed by atoms with Gasteiger partial charge in [0.25, 0.3) is 5.91 Å². The molecule has 1 aliphatic rings. The predicted molar refractivity (Wildman–Crippen MR) is 103 cm³/mol. The third-order valence-corrected chi connectivity index (χ3v) is 4.11. The fourth-order valence-corrected chi connectivity index (χ4v) is 2.92. The summed E-state index contributed by atoms with van der Waals surface area (Å²) in [5, 5.41) is 13.2. The highest BCUT2D eigenvalue weighted by molar-refractivity contribution is 5.91. The fraction of sp³-hybridized carbons (Fsp3) is 0.421. The monoisotopic (exact) mass is 387 g/mol. The number of nitrogens with zero attached hydrogens (tertiary/aromatic N) is 2. The largest absolute Gasteiger partial charge is 0.494 e. The molecule has 28 heavy (non-hydrogen) atoms. The van der Waals surface area contributed by atoms with Crippen LogP contribution in [-0.4, -0.2) is 40.9 Å². The molecule has 1 aromatic carbocycles. The Morgan fingerprint density at radius 3 is 2.61 bits per heavy atom. The lowest BCUT2D eigenvalue weighted by atomic mass is 10.2. The van der Waals surface area contributed by atoms with Crippen molar-refractivity contribution in [3.05, 3.63) is 36.0 Å². The van der Waals surface area contributed by atoms with E-state index in [1.165, 1.54) is 0 Å². The molecule has 2 amide bonds. The highest BCUT2D eigenvalue weighted by Gasteiger charge is 2.26. The van der Waals surface area contributed by atoms with Crippen molar-refractivity contribution < 1.29 is 19.1 Å². The lowest BCUT2D eigenvalue weighted by molar-refractivity contribution is -0.125. The van der Waals surface area contributed by atoms with Crippen LogP contribution in [0.3, 0.4) is 0 Å². The lowest BCUT2D eigenvalue weighted by Crippen LogP contribution is -2.52. The molecule has 9 nitrogen and oxygen atoms in total. The molecule has 9 heteroatoms. The van der Waals surface area contributed by atoms with Gasteiger partial charge in [-0.15, -0.1) is 0 Å². The smallest absolute Gasteiger partial charge is 0.263 e. The Hall–Kier alpha value is -3.07. The number of carbonyl (C=O) groups is 2. The molecule has 1 fully saturated rings. The van der Waals surface area contributed by atoms with E-state index in [9.17, 15) is 9.59 Å². The minimum atomic E-state index is -0.521. The number of aromatic nitrogens is 2. The number of nitrogens with one attached hydrogen (secondary N) is 3. The molecule has 0 spiro atoms. The minimum absolute atomic E-state index is 0.00907. The van der Waals surface area contributed by atoms with E-state index in [2.05, 4.69) is 21.0 Å². The van der Waals surface area contributed by atoms with E-state index in [0.717, 1.165) is 11.4 Å². The van der Waals surface area contributed by atoms with Crippen molar-refractivity contribution in [3.63, 3.8) is 0 Å². The van der Waals surface area contributed by atoms with Crippen molar-refractivity contribution in [3.8, 4) is 11.5 Å². The number of aryl methyl sites for hydroxylation is 1. The second kappa shape index (κ2) is 8.75. The first-order chi connectivity index (χ1) is 13.4. The molecule has 0 bridgehead atoms. The van der Waals surface area contributed by atoms with Crippen molar-refractivity contribution in [2.24, 2.45) is 0 Å². The van der Waals surface area contributed by atoms with Gasteiger partial charge in [0, 0.05) is 18.5 Å². The van der Waals surface area contributed by atoms with Gasteiger partial charge in [0.2, 0.25) is 5.91 Å². The second-order valence-electron chi connectivity index (χ2n) is 6.60. The van der Waals surface area contributed by atoms with Crippen LogP contribution in [0.15, 0.2) is 30.3 Å². The number of anilines is 1. The molecule has 150 valence electrons. The Kier molecular flexibility index (Phi) is 6.15. The first kappa shape index (κ1) is 19.7. The normalized spacial score (nSPS) is 19.0. The third kappa shape index (κ3) is 5.01. The van der Waals surface area contributed by atoms with Gasteiger partial charge in [-0.2, -0.15) is 5.10 Å². The topological polar surface area (TPSA) is 107 Å². The molecule has 1 aromatic heterocycles. The maximum Gasteiger partial charge on any atom is 0.263 e. The molecule has 2 heterocycles. The summed E-state index contributed by atoms with van der Waals surface area (Å²) in [6, 6.07) is 8.81. The molecule has 0 radical (unpaired) electrons. The number of benzene rings is 1. The highest BCUT2D eigenvalue weighted by atomic mass is 16.5. The molecular weight excluding hydrogens is 362 g/mol. The molecular formula is C19H25N5O4. The molecule has 2 unspecified atom stereocenters.